The van der Waals surface area contributed by atoms with Gasteiger partial charge in [0, 0.05) is 43.6 Å². The molecule has 0 bridgehead atoms. The third kappa shape index (κ3) is 4.64. The van der Waals surface area contributed by atoms with Gasteiger partial charge < -0.3 is 25.2 Å². The summed E-state index contributed by atoms with van der Waals surface area (Å²) in [4.78, 5) is 16.2. The summed E-state index contributed by atoms with van der Waals surface area (Å²) in [5, 5.41) is 6.80. The average Bonchev–Trinajstić information content (AvgIpc) is 2.69. The summed E-state index contributed by atoms with van der Waals surface area (Å²) < 4.78 is 5.22. The van der Waals surface area contributed by atoms with Crippen molar-refractivity contribution in [1.29, 1.82) is 0 Å². The van der Waals surface area contributed by atoms with Crippen LogP contribution in [0, 0.1) is 0 Å². The van der Waals surface area contributed by atoms with E-state index in [-0.39, 0.29) is 6.03 Å². The van der Waals surface area contributed by atoms with Crippen LogP contribution in [-0.4, -0.2) is 54.2 Å². The van der Waals surface area contributed by atoms with Gasteiger partial charge in [0.25, 0.3) is 0 Å². The first-order valence-corrected chi connectivity index (χ1v) is 8.87. The number of amides is 2. The smallest absolute Gasteiger partial charge is 0.321 e. The van der Waals surface area contributed by atoms with Crippen molar-refractivity contribution in [3.8, 4) is 5.75 Å². The molecule has 2 aromatic carbocycles. The van der Waals surface area contributed by atoms with Gasteiger partial charge in [-0.25, -0.2) is 4.79 Å². The molecule has 1 heterocycles. The van der Waals surface area contributed by atoms with Crippen molar-refractivity contribution in [1.82, 2.24) is 9.80 Å². The Balaban J connectivity index is 1.49. The lowest BCUT2D eigenvalue weighted by atomic mass is 10.3. The molecule has 136 valence electrons. The Bertz CT molecular complexity index is 761. The second kappa shape index (κ2) is 8.53. The zero-order valence-corrected chi connectivity index (χ0v) is 15.5. The number of rotatable bonds is 3. The second-order valence-corrected chi connectivity index (χ2v) is 6.32. The number of benzene rings is 2. The van der Waals surface area contributed by atoms with E-state index >= 15 is 0 Å². The molecule has 2 N–H and O–H groups in total. The van der Waals surface area contributed by atoms with Gasteiger partial charge in [0.15, 0.2) is 5.11 Å². The molecule has 1 fully saturated rings. The van der Waals surface area contributed by atoms with Crippen LogP contribution in [-0.2, 0) is 0 Å². The van der Waals surface area contributed by atoms with Crippen molar-refractivity contribution < 1.29 is 9.53 Å². The van der Waals surface area contributed by atoms with E-state index in [2.05, 4.69) is 15.5 Å². The summed E-state index contributed by atoms with van der Waals surface area (Å²) in [5.74, 6) is 0.778. The maximum Gasteiger partial charge on any atom is 0.321 e. The lowest BCUT2D eigenvalue weighted by molar-refractivity contribution is 0.182. The molecule has 2 amide bonds. The van der Waals surface area contributed by atoms with Crippen molar-refractivity contribution in [2.45, 2.75) is 0 Å². The van der Waals surface area contributed by atoms with Crippen molar-refractivity contribution in [3.05, 3.63) is 54.6 Å². The van der Waals surface area contributed by atoms with E-state index < -0.39 is 0 Å². The van der Waals surface area contributed by atoms with Crippen LogP contribution >= 0.6 is 12.2 Å². The fraction of sp³-hybridized carbons (Fsp3) is 0.263. The molecule has 1 saturated heterocycles. The Morgan fingerprint density at radius 1 is 0.923 bits per heavy atom. The number of anilines is 2. The average molecular weight is 370 g/mol. The minimum Gasteiger partial charge on any atom is -0.497 e. The minimum absolute atomic E-state index is 0.0810. The van der Waals surface area contributed by atoms with Gasteiger partial charge in [0.2, 0.25) is 0 Å². The molecule has 0 unspecified atom stereocenters. The summed E-state index contributed by atoms with van der Waals surface area (Å²) in [6.45, 7) is 2.63. The highest BCUT2D eigenvalue weighted by Crippen LogP contribution is 2.17. The van der Waals surface area contributed by atoms with Gasteiger partial charge in [-0.05, 0) is 36.5 Å². The maximum absolute atomic E-state index is 12.3. The number of nitrogens with one attached hydrogen (secondary N) is 2. The van der Waals surface area contributed by atoms with Crippen LogP contribution in [0.2, 0.25) is 0 Å². The van der Waals surface area contributed by atoms with Crippen molar-refractivity contribution in [2.75, 3.05) is 43.9 Å². The Morgan fingerprint density at radius 2 is 1.58 bits per heavy atom. The van der Waals surface area contributed by atoms with Crippen molar-refractivity contribution in [2.24, 2.45) is 0 Å². The number of para-hydroxylation sites is 1. The number of nitrogens with zero attached hydrogens (tertiary/aromatic N) is 2. The fourth-order valence-electron chi connectivity index (χ4n) is 2.74. The Hall–Kier alpha value is -2.80. The van der Waals surface area contributed by atoms with Crippen LogP contribution in [0.5, 0.6) is 5.75 Å². The predicted molar refractivity (Wildman–Crippen MR) is 108 cm³/mol. The molecule has 1 aliphatic rings. The molecule has 0 radical (unpaired) electrons. The molecule has 6 nitrogen and oxygen atoms in total. The molecule has 0 atom stereocenters. The SMILES string of the molecule is COc1cccc(NC(=S)N2CCN(C(=O)Nc3ccccc3)CC2)c1. The van der Waals surface area contributed by atoms with Gasteiger partial charge in [-0.3, -0.25) is 0 Å². The molecule has 1 aliphatic heterocycles. The standard InChI is InChI=1S/C19H22N4O2S/c1-25-17-9-5-8-16(14-17)21-19(26)23-12-10-22(11-13-23)18(24)20-15-6-3-2-4-7-15/h2-9,14H,10-13H2,1H3,(H,20,24)(H,21,26). The lowest BCUT2D eigenvalue weighted by Gasteiger charge is -2.36. The number of ether oxygens (including phenoxy) is 1. The first-order valence-electron chi connectivity index (χ1n) is 8.46. The number of methoxy groups -OCH3 is 1. The highest BCUT2D eigenvalue weighted by atomic mass is 32.1. The largest absolute Gasteiger partial charge is 0.497 e. The number of carbonyl (C=O) groups is 1. The molecule has 3 rings (SSSR count). The summed E-state index contributed by atoms with van der Waals surface area (Å²) in [6, 6.07) is 17.0. The molecule has 0 aliphatic carbocycles. The zero-order valence-electron chi connectivity index (χ0n) is 14.6. The molecule has 7 heteroatoms. The van der Waals surface area contributed by atoms with Gasteiger partial charge in [-0.15, -0.1) is 0 Å². The van der Waals surface area contributed by atoms with E-state index in [0.29, 0.717) is 31.3 Å². The van der Waals surface area contributed by atoms with Crippen LogP contribution in [0.4, 0.5) is 16.2 Å². The van der Waals surface area contributed by atoms with E-state index in [0.717, 1.165) is 17.1 Å². The first-order chi connectivity index (χ1) is 12.7. The van der Waals surface area contributed by atoms with E-state index in [4.69, 9.17) is 17.0 Å². The van der Waals surface area contributed by atoms with Crippen LogP contribution < -0.4 is 15.4 Å². The van der Waals surface area contributed by atoms with Gasteiger partial charge in [0.1, 0.15) is 5.75 Å². The number of hydrogen-bond acceptors (Lipinski definition) is 3. The third-order valence-corrected chi connectivity index (χ3v) is 4.56. The Morgan fingerprint density at radius 3 is 2.27 bits per heavy atom. The molecule has 0 saturated carbocycles. The van der Waals surface area contributed by atoms with Gasteiger partial charge in [-0.2, -0.15) is 0 Å². The fourth-order valence-corrected chi connectivity index (χ4v) is 3.04. The molecular weight excluding hydrogens is 348 g/mol. The maximum atomic E-state index is 12.3. The highest BCUT2D eigenvalue weighted by Gasteiger charge is 2.22. The van der Waals surface area contributed by atoms with Gasteiger partial charge >= 0.3 is 6.03 Å². The van der Waals surface area contributed by atoms with E-state index in [1.165, 1.54) is 0 Å². The molecule has 2 aromatic rings. The van der Waals surface area contributed by atoms with Crippen molar-refractivity contribution >= 4 is 34.7 Å². The number of piperazine rings is 1. The molecular formula is C19H22N4O2S. The van der Waals surface area contributed by atoms with E-state index in [9.17, 15) is 4.79 Å². The van der Waals surface area contributed by atoms with Gasteiger partial charge in [-0.1, -0.05) is 24.3 Å². The van der Waals surface area contributed by atoms with E-state index in [1.807, 2.05) is 54.6 Å². The third-order valence-electron chi connectivity index (χ3n) is 4.20. The van der Waals surface area contributed by atoms with Gasteiger partial charge in [0.05, 0.1) is 7.11 Å². The van der Waals surface area contributed by atoms with Crippen LogP contribution in [0.3, 0.4) is 0 Å². The highest BCUT2D eigenvalue weighted by molar-refractivity contribution is 7.80. The number of thiocarbonyl (C=S) groups is 1. The summed E-state index contributed by atoms with van der Waals surface area (Å²) in [6.07, 6.45) is 0. The van der Waals surface area contributed by atoms with Crippen LogP contribution in [0.1, 0.15) is 0 Å². The molecule has 0 aromatic heterocycles. The van der Waals surface area contributed by atoms with Crippen molar-refractivity contribution in [3.63, 3.8) is 0 Å². The molecule has 26 heavy (non-hydrogen) atoms. The number of urea groups is 1. The predicted octanol–water partition coefficient (Wildman–Crippen LogP) is 3.24. The van der Waals surface area contributed by atoms with Crippen LogP contribution in [0.15, 0.2) is 54.6 Å². The topological polar surface area (TPSA) is 56.8 Å². The first kappa shape index (κ1) is 18.0. The monoisotopic (exact) mass is 370 g/mol. The summed E-state index contributed by atoms with van der Waals surface area (Å²) >= 11 is 5.50. The lowest BCUT2D eigenvalue weighted by Crippen LogP contribution is -2.52. The normalized spacial score (nSPS) is 13.9. The zero-order chi connectivity index (χ0) is 18.4. The Kier molecular flexibility index (Phi) is 5.91. The Labute approximate surface area is 158 Å². The van der Waals surface area contributed by atoms with E-state index in [1.54, 1.807) is 12.0 Å². The van der Waals surface area contributed by atoms with Crippen LogP contribution in [0.25, 0.3) is 0 Å². The molecule has 0 spiro atoms. The number of carbonyl (C=O) groups excluding carboxylic acids is 1. The summed E-state index contributed by atoms with van der Waals surface area (Å²) in [7, 11) is 1.64. The number of hydrogen-bond donors (Lipinski definition) is 2. The summed E-state index contributed by atoms with van der Waals surface area (Å²) in [5.41, 5.74) is 1.69. The second-order valence-electron chi connectivity index (χ2n) is 5.93. The minimum atomic E-state index is -0.0810. The quantitative estimate of drug-likeness (QED) is 0.813.